The maximum Gasteiger partial charge on any atom is 0.323 e. The Morgan fingerprint density at radius 2 is 1.81 bits per heavy atom. The van der Waals surface area contributed by atoms with E-state index < -0.39 is 0 Å². The topological polar surface area (TPSA) is 93.4 Å². The molecule has 2 amide bonds. The molecule has 2 aromatic heterocycles. The van der Waals surface area contributed by atoms with Crippen molar-refractivity contribution < 1.29 is 9.53 Å². The van der Waals surface area contributed by atoms with Crippen molar-refractivity contribution >= 4 is 23.1 Å². The van der Waals surface area contributed by atoms with Gasteiger partial charge < -0.3 is 15.4 Å². The van der Waals surface area contributed by atoms with E-state index in [4.69, 9.17) is 4.74 Å². The number of rotatable bonds is 4. The molecular formula is C19H16N6O2. The number of amides is 2. The zero-order chi connectivity index (χ0) is 18.6. The first-order chi connectivity index (χ1) is 13.2. The summed E-state index contributed by atoms with van der Waals surface area (Å²) in [5, 5.41) is 17.8. The number of nitrogens with one attached hydrogen (secondary N) is 2. The van der Waals surface area contributed by atoms with E-state index in [1.807, 2.05) is 36.4 Å². The number of fused-ring (bicyclic) bond motifs is 1. The van der Waals surface area contributed by atoms with E-state index >= 15 is 0 Å². The highest BCUT2D eigenvalue weighted by atomic mass is 16.5. The number of ether oxygens (including phenoxy) is 1. The molecule has 0 aliphatic carbocycles. The van der Waals surface area contributed by atoms with Gasteiger partial charge in [-0.15, -0.1) is 10.2 Å². The molecule has 0 bridgehead atoms. The zero-order valence-electron chi connectivity index (χ0n) is 14.5. The van der Waals surface area contributed by atoms with Crippen LogP contribution in [0, 0.1) is 0 Å². The molecule has 0 aliphatic rings. The molecule has 4 aromatic rings. The Labute approximate surface area is 154 Å². The van der Waals surface area contributed by atoms with Crippen LogP contribution < -0.4 is 15.4 Å². The van der Waals surface area contributed by atoms with E-state index in [0.29, 0.717) is 17.0 Å². The molecule has 4 rings (SSSR count). The zero-order valence-corrected chi connectivity index (χ0v) is 14.5. The first-order valence-corrected chi connectivity index (χ1v) is 8.21. The van der Waals surface area contributed by atoms with Crippen LogP contribution in [0.4, 0.5) is 16.2 Å². The molecule has 2 heterocycles. The molecule has 0 saturated heterocycles. The fourth-order valence-corrected chi connectivity index (χ4v) is 2.61. The Bertz CT molecular complexity index is 1090. The highest BCUT2D eigenvalue weighted by Crippen LogP contribution is 2.21. The second kappa shape index (κ2) is 7.12. The van der Waals surface area contributed by atoms with E-state index in [1.54, 1.807) is 42.2 Å². The van der Waals surface area contributed by atoms with Crippen LogP contribution in [0.1, 0.15) is 0 Å². The molecule has 0 saturated carbocycles. The largest absolute Gasteiger partial charge is 0.497 e. The van der Waals surface area contributed by atoms with Gasteiger partial charge in [-0.3, -0.25) is 0 Å². The van der Waals surface area contributed by atoms with E-state index in [0.717, 1.165) is 17.0 Å². The summed E-state index contributed by atoms with van der Waals surface area (Å²) in [4.78, 5) is 12.2. The number of carbonyl (C=O) groups is 1. The summed E-state index contributed by atoms with van der Waals surface area (Å²) in [7, 11) is 1.60. The monoisotopic (exact) mass is 360 g/mol. The summed E-state index contributed by atoms with van der Waals surface area (Å²) in [6.45, 7) is 0. The van der Waals surface area contributed by atoms with Gasteiger partial charge in [0, 0.05) is 16.9 Å². The molecule has 8 nitrogen and oxygen atoms in total. The SMILES string of the molecule is COc1ccc(NC(=O)Nc2cccc(-c3ccc4nncn4n3)c2)cc1. The fraction of sp³-hybridized carbons (Fsp3) is 0.0526. The summed E-state index contributed by atoms with van der Waals surface area (Å²) in [6, 6.07) is 17.9. The molecule has 0 atom stereocenters. The van der Waals surface area contributed by atoms with E-state index in [9.17, 15) is 4.79 Å². The average molecular weight is 360 g/mol. The van der Waals surface area contributed by atoms with Gasteiger partial charge in [0.15, 0.2) is 5.65 Å². The minimum absolute atomic E-state index is 0.334. The van der Waals surface area contributed by atoms with Crippen molar-refractivity contribution in [3.63, 3.8) is 0 Å². The lowest BCUT2D eigenvalue weighted by atomic mass is 10.1. The van der Waals surface area contributed by atoms with Crippen LogP contribution in [0.3, 0.4) is 0 Å². The fourth-order valence-electron chi connectivity index (χ4n) is 2.61. The minimum Gasteiger partial charge on any atom is -0.497 e. The highest BCUT2D eigenvalue weighted by molar-refractivity contribution is 6.00. The lowest BCUT2D eigenvalue weighted by Gasteiger charge is -2.09. The number of hydrogen-bond donors (Lipinski definition) is 2. The van der Waals surface area contributed by atoms with Gasteiger partial charge in [-0.2, -0.15) is 9.61 Å². The molecule has 0 spiro atoms. The van der Waals surface area contributed by atoms with E-state index in [-0.39, 0.29) is 6.03 Å². The number of aromatic nitrogens is 4. The quantitative estimate of drug-likeness (QED) is 0.581. The molecule has 0 fully saturated rings. The summed E-state index contributed by atoms with van der Waals surface area (Å²) >= 11 is 0. The van der Waals surface area contributed by atoms with Crippen molar-refractivity contribution in [2.75, 3.05) is 17.7 Å². The Balaban J connectivity index is 1.49. The van der Waals surface area contributed by atoms with Crippen molar-refractivity contribution in [2.45, 2.75) is 0 Å². The Morgan fingerprint density at radius 3 is 2.63 bits per heavy atom. The molecular weight excluding hydrogens is 344 g/mol. The van der Waals surface area contributed by atoms with Crippen molar-refractivity contribution in [1.29, 1.82) is 0 Å². The number of benzene rings is 2. The van der Waals surface area contributed by atoms with Crippen LogP contribution in [-0.2, 0) is 0 Å². The third-order valence-electron chi connectivity index (χ3n) is 3.93. The van der Waals surface area contributed by atoms with Gasteiger partial charge in [0.1, 0.15) is 12.1 Å². The van der Waals surface area contributed by atoms with Crippen LogP contribution in [0.25, 0.3) is 16.9 Å². The van der Waals surface area contributed by atoms with E-state index in [1.165, 1.54) is 0 Å². The predicted molar refractivity (Wildman–Crippen MR) is 102 cm³/mol. The van der Waals surface area contributed by atoms with Crippen LogP contribution in [0.2, 0.25) is 0 Å². The maximum atomic E-state index is 12.2. The third-order valence-corrected chi connectivity index (χ3v) is 3.93. The molecule has 0 radical (unpaired) electrons. The maximum absolute atomic E-state index is 12.2. The first kappa shape index (κ1) is 16.5. The summed E-state index contributed by atoms with van der Waals surface area (Å²) in [5.74, 6) is 0.728. The smallest absolute Gasteiger partial charge is 0.323 e. The van der Waals surface area contributed by atoms with Crippen LogP contribution in [-0.4, -0.2) is 33.0 Å². The number of methoxy groups -OCH3 is 1. The van der Waals surface area contributed by atoms with Crippen LogP contribution in [0.5, 0.6) is 5.75 Å². The van der Waals surface area contributed by atoms with Gasteiger partial charge in [0.2, 0.25) is 0 Å². The second-order valence-electron chi connectivity index (χ2n) is 5.74. The van der Waals surface area contributed by atoms with Gasteiger partial charge in [-0.05, 0) is 48.5 Å². The van der Waals surface area contributed by atoms with Crippen molar-refractivity contribution in [1.82, 2.24) is 19.8 Å². The van der Waals surface area contributed by atoms with Crippen molar-refractivity contribution in [3.05, 3.63) is 67.0 Å². The Hall–Kier alpha value is -3.94. The standard InChI is InChI=1S/C19H16N6O2/c1-27-16-7-5-14(6-8-16)21-19(26)22-15-4-2-3-13(11-15)17-9-10-18-23-20-12-25(18)24-17/h2-12H,1H3,(H2,21,22,26). The third kappa shape index (κ3) is 3.69. The number of urea groups is 1. The lowest BCUT2D eigenvalue weighted by Crippen LogP contribution is -2.19. The van der Waals surface area contributed by atoms with Gasteiger partial charge in [-0.1, -0.05) is 12.1 Å². The lowest BCUT2D eigenvalue weighted by molar-refractivity contribution is 0.262. The second-order valence-corrected chi connectivity index (χ2v) is 5.74. The molecule has 8 heteroatoms. The Morgan fingerprint density at radius 1 is 1.00 bits per heavy atom. The number of carbonyl (C=O) groups excluding carboxylic acids is 1. The summed E-state index contributed by atoms with van der Waals surface area (Å²) < 4.78 is 6.71. The average Bonchev–Trinajstić information content (AvgIpc) is 3.16. The number of anilines is 2. The molecule has 2 aromatic carbocycles. The normalized spacial score (nSPS) is 10.6. The van der Waals surface area contributed by atoms with Crippen LogP contribution >= 0.6 is 0 Å². The summed E-state index contributed by atoms with van der Waals surface area (Å²) in [6.07, 6.45) is 1.54. The van der Waals surface area contributed by atoms with Crippen LogP contribution in [0.15, 0.2) is 67.0 Å². The minimum atomic E-state index is -0.334. The first-order valence-electron chi connectivity index (χ1n) is 8.21. The van der Waals surface area contributed by atoms with E-state index in [2.05, 4.69) is 25.9 Å². The van der Waals surface area contributed by atoms with Gasteiger partial charge in [0.25, 0.3) is 0 Å². The number of hydrogen-bond acceptors (Lipinski definition) is 5. The summed E-state index contributed by atoms with van der Waals surface area (Å²) in [5.41, 5.74) is 3.62. The highest BCUT2D eigenvalue weighted by Gasteiger charge is 2.07. The van der Waals surface area contributed by atoms with Crippen molar-refractivity contribution in [2.24, 2.45) is 0 Å². The Kier molecular flexibility index (Phi) is 4.36. The molecule has 27 heavy (non-hydrogen) atoms. The van der Waals surface area contributed by atoms with Crippen molar-refractivity contribution in [3.8, 4) is 17.0 Å². The molecule has 0 unspecified atom stereocenters. The van der Waals surface area contributed by atoms with Gasteiger partial charge in [0.05, 0.1) is 12.8 Å². The molecule has 2 N–H and O–H groups in total. The molecule has 134 valence electrons. The van der Waals surface area contributed by atoms with Gasteiger partial charge >= 0.3 is 6.03 Å². The van der Waals surface area contributed by atoms with Gasteiger partial charge in [-0.25, -0.2) is 4.79 Å². The molecule has 0 aliphatic heterocycles. The number of nitrogens with zero attached hydrogens (tertiary/aromatic N) is 4. The predicted octanol–water partition coefficient (Wildman–Crippen LogP) is 3.44.